The molecule has 0 heterocycles. The molecule has 0 atom stereocenters. The van der Waals surface area contributed by atoms with Crippen LogP contribution in [0.2, 0.25) is 0 Å². The summed E-state index contributed by atoms with van der Waals surface area (Å²) in [4.78, 5) is 0.199. The van der Waals surface area contributed by atoms with Crippen LogP contribution in [0.3, 0.4) is 0 Å². The molecule has 1 aromatic carbocycles. The number of rotatable bonds is 9. The lowest BCUT2D eigenvalue weighted by Gasteiger charge is -2.20. The van der Waals surface area contributed by atoms with Crippen LogP contribution in [0.5, 0.6) is 5.75 Å². The Morgan fingerprint density at radius 3 is 2.44 bits per heavy atom. The van der Waals surface area contributed by atoms with E-state index in [1.54, 1.807) is 18.2 Å². The molecule has 0 saturated heterocycles. The molecule has 0 aliphatic carbocycles. The SMILES string of the molecule is C=C(C)CNC(=S)Nc1cc(S(=O)(=O)N(CC)CC)ccc1OCC. The molecule has 0 unspecified atom stereocenters. The Balaban J connectivity index is 3.17. The monoisotopic (exact) mass is 385 g/mol. The van der Waals surface area contributed by atoms with Gasteiger partial charge < -0.3 is 15.4 Å². The molecule has 0 aliphatic rings. The van der Waals surface area contributed by atoms with Crippen molar-refractivity contribution in [3.8, 4) is 5.75 Å². The lowest BCUT2D eigenvalue weighted by molar-refractivity contribution is 0.341. The van der Waals surface area contributed by atoms with E-state index in [1.807, 2.05) is 27.7 Å². The Kier molecular flexibility index (Phi) is 8.34. The Hall–Kier alpha value is -1.64. The molecule has 0 bridgehead atoms. The van der Waals surface area contributed by atoms with Gasteiger partial charge in [-0.05, 0) is 44.3 Å². The maximum atomic E-state index is 12.7. The largest absolute Gasteiger partial charge is 0.492 e. The summed E-state index contributed by atoms with van der Waals surface area (Å²) < 4.78 is 32.4. The van der Waals surface area contributed by atoms with Crippen LogP contribution in [0, 0.1) is 0 Å². The molecule has 140 valence electrons. The third-order valence-corrected chi connectivity index (χ3v) is 5.69. The standard InChI is InChI=1S/C17H27N3O3S2/c1-6-20(7-2)25(21,22)14-9-10-16(23-8-3)15(11-14)19-17(24)18-12-13(4)5/h9-11H,4,6-8,12H2,1-3,5H3,(H2,18,19,24). The van der Waals surface area contributed by atoms with Crippen molar-refractivity contribution in [3.05, 3.63) is 30.4 Å². The molecular formula is C17H27N3O3S2. The summed E-state index contributed by atoms with van der Waals surface area (Å²) in [5.41, 5.74) is 1.45. The quantitative estimate of drug-likeness (QED) is 0.503. The van der Waals surface area contributed by atoms with Gasteiger partial charge in [-0.15, -0.1) is 0 Å². The van der Waals surface area contributed by atoms with Gasteiger partial charge in [0.1, 0.15) is 5.75 Å². The van der Waals surface area contributed by atoms with Crippen LogP contribution in [-0.4, -0.2) is 44.1 Å². The smallest absolute Gasteiger partial charge is 0.243 e. The minimum Gasteiger partial charge on any atom is -0.492 e. The minimum absolute atomic E-state index is 0.199. The number of sulfonamides is 1. The van der Waals surface area contributed by atoms with Crippen LogP contribution in [-0.2, 0) is 10.0 Å². The Morgan fingerprint density at radius 1 is 1.28 bits per heavy atom. The number of hydrogen-bond acceptors (Lipinski definition) is 4. The summed E-state index contributed by atoms with van der Waals surface area (Å²) in [6.45, 7) is 13.0. The number of nitrogens with one attached hydrogen (secondary N) is 2. The van der Waals surface area contributed by atoms with Gasteiger partial charge in [0.15, 0.2) is 5.11 Å². The van der Waals surface area contributed by atoms with E-state index in [0.717, 1.165) is 5.57 Å². The van der Waals surface area contributed by atoms with Crippen molar-refractivity contribution >= 4 is 33.0 Å². The maximum absolute atomic E-state index is 12.7. The van der Waals surface area contributed by atoms with Crippen LogP contribution in [0.15, 0.2) is 35.2 Å². The average molecular weight is 386 g/mol. The Labute approximate surface area is 156 Å². The van der Waals surface area contributed by atoms with Crippen LogP contribution in [0.4, 0.5) is 5.69 Å². The molecular weight excluding hydrogens is 358 g/mol. The van der Waals surface area contributed by atoms with Gasteiger partial charge in [0.2, 0.25) is 10.0 Å². The summed E-state index contributed by atoms with van der Waals surface area (Å²) in [7, 11) is -3.56. The van der Waals surface area contributed by atoms with Gasteiger partial charge in [0, 0.05) is 19.6 Å². The predicted molar refractivity (Wildman–Crippen MR) is 107 cm³/mol. The van der Waals surface area contributed by atoms with Gasteiger partial charge in [-0.3, -0.25) is 0 Å². The zero-order chi connectivity index (χ0) is 19.0. The summed E-state index contributed by atoms with van der Waals surface area (Å²) in [5, 5.41) is 6.39. The van der Waals surface area contributed by atoms with Crippen molar-refractivity contribution in [2.75, 3.05) is 31.6 Å². The fourth-order valence-electron chi connectivity index (χ4n) is 2.16. The van der Waals surface area contributed by atoms with Crippen LogP contribution >= 0.6 is 12.2 Å². The lowest BCUT2D eigenvalue weighted by atomic mass is 10.3. The summed E-state index contributed by atoms with van der Waals surface area (Å²) in [6.07, 6.45) is 0. The molecule has 2 N–H and O–H groups in total. The first-order valence-corrected chi connectivity index (χ1v) is 10.1. The number of anilines is 1. The second kappa shape index (κ2) is 9.74. The van der Waals surface area contributed by atoms with E-state index < -0.39 is 10.0 Å². The van der Waals surface area contributed by atoms with E-state index in [1.165, 1.54) is 4.31 Å². The Morgan fingerprint density at radius 2 is 1.92 bits per heavy atom. The second-order valence-electron chi connectivity index (χ2n) is 5.45. The number of ether oxygens (including phenoxy) is 1. The van der Waals surface area contributed by atoms with Crippen molar-refractivity contribution < 1.29 is 13.2 Å². The highest BCUT2D eigenvalue weighted by atomic mass is 32.2. The molecule has 6 nitrogen and oxygen atoms in total. The number of nitrogens with zero attached hydrogens (tertiary/aromatic N) is 1. The van der Waals surface area contributed by atoms with Crippen molar-refractivity contribution in [2.45, 2.75) is 32.6 Å². The van der Waals surface area contributed by atoms with E-state index in [0.29, 0.717) is 42.8 Å². The number of thiocarbonyl (C=S) groups is 1. The van der Waals surface area contributed by atoms with E-state index in [2.05, 4.69) is 17.2 Å². The molecule has 0 aromatic heterocycles. The molecule has 0 fully saturated rings. The highest BCUT2D eigenvalue weighted by molar-refractivity contribution is 7.89. The van der Waals surface area contributed by atoms with Crippen molar-refractivity contribution in [1.29, 1.82) is 0 Å². The second-order valence-corrected chi connectivity index (χ2v) is 7.79. The van der Waals surface area contributed by atoms with Crippen molar-refractivity contribution in [2.24, 2.45) is 0 Å². The molecule has 1 rings (SSSR count). The molecule has 0 radical (unpaired) electrons. The first-order chi connectivity index (χ1) is 11.8. The van der Waals surface area contributed by atoms with Crippen molar-refractivity contribution in [1.82, 2.24) is 9.62 Å². The zero-order valence-corrected chi connectivity index (χ0v) is 16.9. The van der Waals surface area contributed by atoms with E-state index in [9.17, 15) is 8.42 Å². The number of hydrogen-bond donors (Lipinski definition) is 2. The van der Waals surface area contributed by atoms with Gasteiger partial charge in [-0.1, -0.05) is 26.0 Å². The predicted octanol–water partition coefficient (Wildman–Crippen LogP) is 2.98. The maximum Gasteiger partial charge on any atom is 0.243 e. The van der Waals surface area contributed by atoms with Crippen molar-refractivity contribution in [3.63, 3.8) is 0 Å². The van der Waals surface area contributed by atoms with E-state index in [-0.39, 0.29) is 4.90 Å². The molecule has 0 saturated carbocycles. The Bertz CT molecular complexity index is 714. The van der Waals surface area contributed by atoms with Gasteiger partial charge >= 0.3 is 0 Å². The molecule has 0 aliphatic heterocycles. The summed E-state index contributed by atoms with van der Waals surface area (Å²) >= 11 is 5.25. The van der Waals surface area contributed by atoms with Gasteiger partial charge in [-0.2, -0.15) is 4.31 Å². The summed E-state index contributed by atoms with van der Waals surface area (Å²) in [6, 6.07) is 4.74. The average Bonchev–Trinajstić information content (AvgIpc) is 2.55. The normalized spacial score (nSPS) is 11.2. The fourth-order valence-corrected chi connectivity index (χ4v) is 3.83. The highest BCUT2D eigenvalue weighted by Crippen LogP contribution is 2.29. The molecule has 25 heavy (non-hydrogen) atoms. The first kappa shape index (κ1) is 21.4. The molecule has 0 amide bonds. The zero-order valence-electron chi connectivity index (χ0n) is 15.3. The van der Waals surface area contributed by atoms with Crippen LogP contribution in [0.1, 0.15) is 27.7 Å². The molecule has 0 spiro atoms. The topological polar surface area (TPSA) is 70.7 Å². The highest BCUT2D eigenvalue weighted by Gasteiger charge is 2.23. The van der Waals surface area contributed by atoms with E-state index >= 15 is 0 Å². The van der Waals surface area contributed by atoms with Crippen LogP contribution in [0.25, 0.3) is 0 Å². The first-order valence-electron chi connectivity index (χ1n) is 8.22. The van der Waals surface area contributed by atoms with Gasteiger partial charge in [0.05, 0.1) is 17.2 Å². The molecule has 1 aromatic rings. The third-order valence-electron chi connectivity index (χ3n) is 3.39. The number of benzene rings is 1. The van der Waals surface area contributed by atoms with Gasteiger partial charge in [0.25, 0.3) is 0 Å². The molecule has 8 heteroatoms. The van der Waals surface area contributed by atoms with E-state index in [4.69, 9.17) is 17.0 Å². The third kappa shape index (κ3) is 5.98. The minimum atomic E-state index is -3.56. The van der Waals surface area contributed by atoms with Crippen LogP contribution < -0.4 is 15.4 Å². The summed E-state index contributed by atoms with van der Waals surface area (Å²) in [5.74, 6) is 0.542. The fraction of sp³-hybridized carbons (Fsp3) is 0.471. The lowest BCUT2D eigenvalue weighted by Crippen LogP contribution is -2.31. The van der Waals surface area contributed by atoms with Gasteiger partial charge in [-0.25, -0.2) is 8.42 Å².